The first-order valence-electron chi connectivity index (χ1n) is 9.70. The molecule has 0 bridgehead atoms. The topological polar surface area (TPSA) is 108 Å². The fraction of sp³-hybridized carbons (Fsp3) is 0.190. The number of fused-ring (bicyclic) bond motifs is 1. The van der Waals surface area contributed by atoms with Gasteiger partial charge in [-0.1, -0.05) is 23.7 Å². The monoisotopic (exact) mass is 438 g/mol. The van der Waals surface area contributed by atoms with E-state index in [1.807, 2.05) is 24.3 Å². The van der Waals surface area contributed by atoms with Crippen LogP contribution in [0.5, 0.6) is 0 Å². The zero-order valence-electron chi connectivity index (χ0n) is 16.7. The van der Waals surface area contributed by atoms with Crippen molar-refractivity contribution in [3.8, 4) is 5.69 Å². The van der Waals surface area contributed by atoms with Gasteiger partial charge in [-0.25, -0.2) is 4.98 Å². The highest BCUT2D eigenvalue weighted by molar-refractivity contribution is 6.32. The summed E-state index contributed by atoms with van der Waals surface area (Å²) >= 11 is 6.27. The molecular formula is C21H19ClN6O3. The van der Waals surface area contributed by atoms with Crippen molar-refractivity contribution in [2.75, 3.05) is 11.9 Å². The molecule has 0 saturated carbocycles. The van der Waals surface area contributed by atoms with E-state index in [4.69, 9.17) is 11.6 Å². The number of hydrogen-bond donors (Lipinski definition) is 1. The van der Waals surface area contributed by atoms with Crippen LogP contribution in [0, 0.1) is 10.1 Å². The zero-order valence-corrected chi connectivity index (χ0v) is 17.4. The molecule has 1 N–H and O–H groups in total. The first-order chi connectivity index (χ1) is 15.0. The van der Waals surface area contributed by atoms with Gasteiger partial charge >= 0.3 is 0 Å². The van der Waals surface area contributed by atoms with Gasteiger partial charge in [-0.3, -0.25) is 14.9 Å². The average molecular weight is 439 g/mol. The Kier molecular flexibility index (Phi) is 5.68. The predicted octanol–water partition coefficient (Wildman–Crippen LogP) is 3.82. The van der Waals surface area contributed by atoms with Crippen molar-refractivity contribution in [2.24, 2.45) is 0 Å². The van der Waals surface area contributed by atoms with Gasteiger partial charge < -0.3 is 9.88 Å². The van der Waals surface area contributed by atoms with E-state index < -0.39 is 10.5 Å². The number of aromatic nitrogens is 4. The van der Waals surface area contributed by atoms with E-state index in [1.54, 1.807) is 0 Å². The minimum Gasteiger partial charge on any atom is -0.382 e. The number of nitrogens with zero attached hydrogens (tertiary/aromatic N) is 5. The molecule has 4 aromatic rings. The van der Waals surface area contributed by atoms with Gasteiger partial charge in [0, 0.05) is 31.6 Å². The number of imidazole rings is 1. The summed E-state index contributed by atoms with van der Waals surface area (Å²) < 4.78 is 3.26. The minimum absolute atomic E-state index is 0.00246. The van der Waals surface area contributed by atoms with Crippen LogP contribution in [0.4, 0.5) is 11.4 Å². The molecule has 0 unspecified atom stereocenters. The largest absolute Gasteiger partial charge is 0.382 e. The Morgan fingerprint density at radius 3 is 2.61 bits per heavy atom. The highest BCUT2D eigenvalue weighted by Gasteiger charge is 2.13. The summed E-state index contributed by atoms with van der Waals surface area (Å²) in [6.07, 6.45) is 2.11. The highest BCUT2D eigenvalue weighted by atomic mass is 35.5. The third kappa shape index (κ3) is 3.99. The van der Waals surface area contributed by atoms with Crippen LogP contribution in [-0.2, 0) is 13.0 Å². The standard InChI is InChI=1S/C21H19ClN6O3/c1-2-26-18-6-4-3-5-16(18)25-19(26)11-12-23-17-13-24-27(21(29)20(17)22)14-7-9-15(10-8-14)28(30)31/h3-10,13,23H,2,11-12H2,1H3. The molecule has 2 heterocycles. The first-order valence-corrected chi connectivity index (χ1v) is 10.1. The Balaban J connectivity index is 1.51. The van der Waals surface area contributed by atoms with E-state index in [2.05, 4.69) is 26.9 Å². The summed E-state index contributed by atoms with van der Waals surface area (Å²) in [5.74, 6) is 0.944. The molecule has 0 radical (unpaired) electrons. The second kappa shape index (κ2) is 8.57. The van der Waals surface area contributed by atoms with Crippen LogP contribution in [0.3, 0.4) is 0 Å². The van der Waals surface area contributed by atoms with Crippen molar-refractivity contribution < 1.29 is 4.92 Å². The van der Waals surface area contributed by atoms with Gasteiger partial charge in [-0.05, 0) is 31.2 Å². The number of non-ortho nitro benzene ring substituents is 1. The molecule has 10 heteroatoms. The normalized spacial score (nSPS) is 11.0. The molecule has 2 aromatic carbocycles. The number of aryl methyl sites for hydroxylation is 1. The van der Waals surface area contributed by atoms with Crippen LogP contribution >= 0.6 is 11.6 Å². The van der Waals surface area contributed by atoms with Crippen molar-refractivity contribution in [1.29, 1.82) is 0 Å². The van der Waals surface area contributed by atoms with E-state index in [1.165, 1.54) is 30.5 Å². The maximum absolute atomic E-state index is 12.6. The number of halogens is 1. The van der Waals surface area contributed by atoms with Gasteiger partial charge in [0.15, 0.2) is 0 Å². The molecule has 4 rings (SSSR count). The number of rotatable bonds is 7. The van der Waals surface area contributed by atoms with E-state index in [9.17, 15) is 14.9 Å². The maximum Gasteiger partial charge on any atom is 0.292 e. The Hall–Kier alpha value is -3.72. The molecule has 2 aromatic heterocycles. The van der Waals surface area contributed by atoms with Crippen LogP contribution in [0.15, 0.2) is 59.5 Å². The van der Waals surface area contributed by atoms with Gasteiger partial charge in [-0.2, -0.15) is 9.78 Å². The molecule has 0 aliphatic rings. The fourth-order valence-electron chi connectivity index (χ4n) is 3.43. The molecule has 9 nitrogen and oxygen atoms in total. The molecule has 0 fully saturated rings. The summed E-state index contributed by atoms with van der Waals surface area (Å²) in [6, 6.07) is 13.5. The Labute approximate surface area is 182 Å². The van der Waals surface area contributed by atoms with E-state index in [0.717, 1.165) is 28.1 Å². The second-order valence-electron chi connectivity index (χ2n) is 6.80. The van der Waals surface area contributed by atoms with E-state index >= 15 is 0 Å². The second-order valence-corrected chi connectivity index (χ2v) is 7.18. The summed E-state index contributed by atoms with van der Waals surface area (Å²) in [4.78, 5) is 27.6. The number of anilines is 1. The molecule has 0 aliphatic carbocycles. The SMILES string of the molecule is CCn1c(CCNc2cnn(-c3ccc([N+](=O)[O-])cc3)c(=O)c2Cl)nc2ccccc21. The average Bonchev–Trinajstić information content (AvgIpc) is 3.14. The lowest BCUT2D eigenvalue weighted by Gasteiger charge is -2.11. The Morgan fingerprint density at radius 2 is 1.90 bits per heavy atom. The highest BCUT2D eigenvalue weighted by Crippen LogP contribution is 2.19. The number of nitro benzene ring substituents is 1. The van der Waals surface area contributed by atoms with Crippen molar-refractivity contribution in [2.45, 2.75) is 19.9 Å². The van der Waals surface area contributed by atoms with Crippen LogP contribution in [0.2, 0.25) is 5.02 Å². The lowest BCUT2D eigenvalue weighted by atomic mass is 10.3. The quantitative estimate of drug-likeness (QED) is 0.347. The van der Waals surface area contributed by atoms with Crippen molar-refractivity contribution >= 4 is 34.0 Å². The third-order valence-corrected chi connectivity index (χ3v) is 5.30. The molecule has 0 aliphatic heterocycles. The fourth-order valence-corrected chi connectivity index (χ4v) is 3.63. The maximum atomic E-state index is 12.6. The number of benzene rings is 2. The number of nitro groups is 1. The lowest BCUT2D eigenvalue weighted by Crippen LogP contribution is -2.23. The van der Waals surface area contributed by atoms with Crippen molar-refractivity contribution in [3.05, 3.63) is 86.0 Å². The van der Waals surface area contributed by atoms with Crippen LogP contribution in [-0.4, -0.2) is 30.8 Å². The van der Waals surface area contributed by atoms with Crippen LogP contribution < -0.4 is 10.9 Å². The number of para-hydroxylation sites is 2. The van der Waals surface area contributed by atoms with Crippen molar-refractivity contribution in [3.63, 3.8) is 0 Å². The summed E-state index contributed by atoms with van der Waals surface area (Å²) in [6.45, 7) is 3.40. The summed E-state index contributed by atoms with van der Waals surface area (Å²) in [7, 11) is 0. The van der Waals surface area contributed by atoms with Crippen LogP contribution in [0.25, 0.3) is 16.7 Å². The van der Waals surface area contributed by atoms with E-state index in [-0.39, 0.29) is 10.7 Å². The van der Waals surface area contributed by atoms with Gasteiger partial charge in [0.1, 0.15) is 10.8 Å². The van der Waals surface area contributed by atoms with Gasteiger partial charge in [0.2, 0.25) is 0 Å². The minimum atomic E-state index is -0.513. The molecular weight excluding hydrogens is 420 g/mol. The van der Waals surface area contributed by atoms with Crippen molar-refractivity contribution in [1.82, 2.24) is 19.3 Å². The van der Waals surface area contributed by atoms with Crippen LogP contribution in [0.1, 0.15) is 12.7 Å². The molecule has 31 heavy (non-hydrogen) atoms. The zero-order chi connectivity index (χ0) is 22.0. The van der Waals surface area contributed by atoms with Gasteiger partial charge in [0.25, 0.3) is 11.2 Å². The Morgan fingerprint density at radius 1 is 1.16 bits per heavy atom. The Bertz CT molecular complexity index is 1310. The van der Waals surface area contributed by atoms with E-state index in [0.29, 0.717) is 24.3 Å². The molecule has 0 spiro atoms. The molecule has 0 amide bonds. The summed E-state index contributed by atoms with van der Waals surface area (Å²) in [5.41, 5.74) is 2.26. The van der Waals surface area contributed by atoms with Gasteiger partial charge in [-0.15, -0.1) is 0 Å². The lowest BCUT2D eigenvalue weighted by molar-refractivity contribution is -0.384. The number of hydrogen-bond acceptors (Lipinski definition) is 6. The van der Waals surface area contributed by atoms with Gasteiger partial charge in [0.05, 0.1) is 33.5 Å². The molecule has 0 atom stereocenters. The molecule has 158 valence electrons. The first kappa shape index (κ1) is 20.5. The smallest absolute Gasteiger partial charge is 0.292 e. The third-order valence-electron chi connectivity index (χ3n) is 4.94. The summed E-state index contributed by atoms with van der Waals surface area (Å²) in [5, 5.41) is 18.1. The number of nitrogens with one attached hydrogen (secondary N) is 1. The predicted molar refractivity (Wildman–Crippen MR) is 119 cm³/mol. The molecule has 0 saturated heterocycles.